The molecule has 0 spiro atoms. The van der Waals surface area contributed by atoms with E-state index < -0.39 is 0 Å². The summed E-state index contributed by atoms with van der Waals surface area (Å²) in [4.78, 5) is 4.02. The van der Waals surface area contributed by atoms with E-state index >= 15 is 0 Å². The van der Waals surface area contributed by atoms with E-state index in [0.29, 0.717) is 10.6 Å². The first-order valence-electron chi connectivity index (χ1n) is 5.24. The van der Waals surface area contributed by atoms with Crippen molar-refractivity contribution in [1.29, 1.82) is 0 Å². The molecular formula is C13H13ClN2O. The van der Waals surface area contributed by atoms with E-state index in [0.717, 1.165) is 11.3 Å². The highest BCUT2D eigenvalue weighted by atomic mass is 35.5. The van der Waals surface area contributed by atoms with Crippen LogP contribution in [0.5, 0.6) is 5.75 Å². The molecular weight excluding hydrogens is 236 g/mol. The second-order valence-corrected chi connectivity index (χ2v) is 4.42. The maximum absolute atomic E-state index is 9.93. The highest BCUT2D eigenvalue weighted by molar-refractivity contribution is 6.30. The van der Waals surface area contributed by atoms with Crippen molar-refractivity contribution < 1.29 is 5.11 Å². The Morgan fingerprint density at radius 1 is 1.35 bits per heavy atom. The molecule has 1 heterocycles. The summed E-state index contributed by atoms with van der Waals surface area (Å²) in [5.41, 5.74) is 2.67. The van der Waals surface area contributed by atoms with Gasteiger partial charge in [0.15, 0.2) is 0 Å². The fourth-order valence-corrected chi connectivity index (χ4v) is 1.93. The number of allylic oxidation sites excluding steroid dienone is 1. The monoisotopic (exact) mass is 248 g/mol. The van der Waals surface area contributed by atoms with Gasteiger partial charge in [-0.3, -0.25) is 0 Å². The second-order valence-electron chi connectivity index (χ2n) is 3.98. The Labute approximate surface area is 105 Å². The first kappa shape index (κ1) is 11.7. The number of hydrogen-bond donors (Lipinski definition) is 1. The SMILES string of the molecule is CC(C)=C(c1cc(Cl)ccc1O)n1ccnc1. The summed E-state index contributed by atoms with van der Waals surface area (Å²) in [6, 6.07) is 5.01. The van der Waals surface area contributed by atoms with E-state index in [4.69, 9.17) is 11.6 Å². The first-order chi connectivity index (χ1) is 8.09. The van der Waals surface area contributed by atoms with Crippen molar-refractivity contribution in [3.05, 3.63) is 53.1 Å². The van der Waals surface area contributed by atoms with Crippen LogP contribution in [0.25, 0.3) is 5.70 Å². The molecule has 0 radical (unpaired) electrons. The fourth-order valence-electron chi connectivity index (χ4n) is 1.76. The average Bonchev–Trinajstić information content (AvgIpc) is 2.76. The van der Waals surface area contributed by atoms with Gasteiger partial charge < -0.3 is 9.67 Å². The zero-order chi connectivity index (χ0) is 12.4. The topological polar surface area (TPSA) is 38.0 Å². The van der Waals surface area contributed by atoms with E-state index in [1.54, 1.807) is 30.7 Å². The van der Waals surface area contributed by atoms with Gasteiger partial charge in [-0.25, -0.2) is 4.98 Å². The lowest BCUT2D eigenvalue weighted by molar-refractivity contribution is 0.473. The summed E-state index contributed by atoms with van der Waals surface area (Å²) in [7, 11) is 0. The zero-order valence-electron chi connectivity index (χ0n) is 9.68. The number of imidazole rings is 1. The van der Waals surface area contributed by atoms with E-state index in [9.17, 15) is 5.11 Å². The van der Waals surface area contributed by atoms with Crippen LogP contribution in [0.4, 0.5) is 0 Å². The molecule has 0 fully saturated rings. The average molecular weight is 249 g/mol. The number of aromatic nitrogens is 2. The van der Waals surface area contributed by atoms with Crippen LogP contribution < -0.4 is 0 Å². The van der Waals surface area contributed by atoms with Gasteiger partial charge in [0.2, 0.25) is 0 Å². The molecule has 2 aromatic rings. The number of hydrogen-bond acceptors (Lipinski definition) is 2. The standard InChI is InChI=1S/C13H13ClN2O/c1-9(2)13(16-6-5-15-8-16)11-7-10(14)3-4-12(11)17/h3-8,17H,1-2H3. The molecule has 0 aliphatic carbocycles. The van der Waals surface area contributed by atoms with Gasteiger partial charge >= 0.3 is 0 Å². The van der Waals surface area contributed by atoms with Crippen molar-refractivity contribution in [2.45, 2.75) is 13.8 Å². The summed E-state index contributed by atoms with van der Waals surface area (Å²) >= 11 is 5.97. The van der Waals surface area contributed by atoms with Gasteiger partial charge in [-0.1, -0.05) is 17.2 Å². The fraction of sp³-hybridized carbons (Fsp3) is 0.154. The van der Waals surface area contributed by atoms with Gasteiger partial charge in [0.25, 0.3) is 0 Å². The van der Waals surface area contributed by atoms with E-state index in [1.807, 2.05) is 24.6 Å². The molecule has 0 amide bonds. The van der Waals surface area contributed by atoms with Crippen LogP contribution in [0, 0.1) is 0 Å². The van der Waals surface area contributed by atoms with Crippen LogP contribution in [-0.2, 0) is 0 Å². The highest BCUT2D eigenvalue weighted by Gasteiger charge is 2.11. The van der Waals surface area contributed by atoms with Crippen LogP contribution in [0.2, 0.25) is 5.02 Å². The molecule has 0 bridgehead atoms. The lowest BCUT2D eigenvalue weighted by Gasteiger charge is -2.13. The molecule has 0 atom stereocenters. The van der Waals surface area contributed by atoms with Crippen molar-refractivity contribution >= 4 is 17.3 Å². The van der Waals surface area contributed by atoms with Gasteiger partial charge in [-0.05, 0) is 32.0 Å². The maximum atomic E-state index is 9.93. The molecule has 3 nitrogen and oxygen atoms in total. The van der Waals surface area contributed by atoms with Crippen LogP contribution in [-0.4, -0.2) is 14.7 Å². The molecule has 0 saturated carbocycles. The van der Waals surface area contributed by atoms with Gasteiger partial charge in [0.05, 0.1) is 12.0 Å². The Morgan fingerprint density at radius 2 is 2.12 bits per heavy atom. The van der Waals surface area contributed by atoms with Gasteiger partial charge in [-0.2, -0.15) is 0 Å². The van der Waals surface area contributed by atoms with Gasteiger partial charge in [0, 0.05) is 23.0 Å². The summed E-state index contributed by atoms with van der Waals surface area (Å²) in [6.45, 7) is 3.96. The summed E-state index contributed by atoms with van der Waals surface area (Å²) in [5, 5.41) is 10.5. The lowest BCUT2D eigenvalue weighted by Crippen LogP contribution is -1.99. The molecule has 1 aromatic carbocycles. The van der Waals surface area contributed by atoms with Gasteiger partial charge in [-0.15, -0.1) is 0 Å². The van der Waals surface area contributed by atoms with Crippen LogP contribution in [0.15, 0.2) is 42.5 Å². The number of benzene rings is 1. The zero-order valence-corrected chi connectivity index (χ0v) is 10.4. The highest BCUT2D eigenvalue weighted by Crippen LogP contribution is 2.30. The molecule has 0 unspecified atom stereocenters. The van der Waals surface area contributed by atoms with Crippen molar-refractivity contribution in [3.8, 4) is 5.75 Å². The molecule has 0 aliphatic rings. The summed E-state index contributed by atoms with van der Waals surface area (Å²) in [5.74, 6) is 0.208. The third-order valence-corrected chi connectivity index (χ3v) is 2.69. The molecule has 2 rings (SSSR count). The minimum Gasteiger partial charge on any atom is -0.507 e. The molecule has 1 aromatic heterocycles. The van der Waals surface area contributed by atoms with E-state index in [1.165, 1.54) is 0 Å². The van der Waals surface area contributed by atoms with Crippen LogP contribution in [0.3, 0.4) is 0 Å². The number of nitrogens with zero attached hydrogens (tertiary/aromatic N) is 2. The van der Waals surface area contributed by atoms with Crippen molar-refractivity contribution in [3.63, 3.8) is 0 Å². The second kappa shape index (κ2) is 4.63. The maximum Gasteiger partial charge on any atom is 0.125 e. The predicted molar refractivity (Wildman–Crippen MR) is 69.0 cm³/mol. The number of rotatable bonds is 2. The number of halogens is 1. The molecule has 1 N–H and O–H groups in total. The van der Waals surface area contributed by atoms with Crippen LogP contribution in [0.1, 0.15) is 19.4 Å². The van der Waals surface area contributed by atoms with E-state index in [-0.39, 0.29) is 5.75 Å². The number of aromatic hydroxyl groups is 1. The Kier molecular flexibility index (Phi) is 3.20. The van der Waals surface area contributed by atoms with Crippen molar-refractivity contribution in [2.24, 2.45) is 0 Å². The van der Waals surface area contributed by atoms with Crippen molar-refractivity contribution in [1.82, 2.24) is 9.55 Å². The largest absolute Gasteiger partial charge is 0.507 e. The minimum atomic E-state index is 0.208. The quantitative estimate of drug-likeness (QED) is 0.883. The Morgan fingerprint density at radius 3 is 2.71 bits per heavy atom. The molecule has 0 aliphatic heterocycles. The number of phenolic OH excluding ortho intramolecular Hbond substituents is 1. The van der Waals surface area contributed by atoms with Crippen LogP contribution >= 0.6 is 11.6 Å². The molecule has 4 heteroatoms. The lowest BCUT2D eigenvalue weighted by atomic mass is 10.1. The molecule has 0 saturated heterocycles. The Balaban J connectivity index is 2.64. The van der Waals surface area contributed by atoms with Gasteiger partial charge in [0.1, 0.15) is 5.75 Å². The first-order valence-corrected chi connectivity index (χ1v) is 5.62. The predicted octanol–water partition coefficient (Wildman–Crippen LogP) is 3.54. The summed E-state index contributed by atoms with van der Waals surface area (Å²) < 4.78 is 1.86. The summed E-state index contributed by atoms with van der Waals surface area (Å²) in [6.07, 6.45) is 5.23. The van der Waals surface area contributed by atoms with E-state index in [2.05, 4.69) is 4.98 Å². The third kappa shape index (κ3) is 2.34. The Bertz CT molecular complexity index is 555. The van der Waals surface area contributed by atoms with Crippen molar-refractivity contribution in [2.75, 3.05) is 0 Å². The molecule has 17 heavy (non-hydrogen) atoms. The molecule has 88 valence electrons. The number of phenols is 1. The minimum absolute atomic E-state index is 0.208. The normalized spacial score (nSPS) is 10.3. The Hall–Kier alpha value is -1.74. The smallest absolute Gasteiger partial charge is 0.125 e. The third-order valence-electron chi connectivity index (χ3n) is 2.45.